The molecule has 10 heteroatoms. The van der Waals surface area contributed by atoms with Crippen LogP contribution in [0.1, 0.15) is 50.6 Å². The molecule has 3 aromatic carbocycles. The van der Waals surface area contributed by atoms with E-state index in [4.69, 9.17) is 20.6 Å². The van der Waals surface area contributed by atoms with Crippen LogP contribution in [0, 0.1) is 5.82 Å². The second-order valence-corrected chi connectivity index (χ2v) is 10.5. The summed E-state index contributed by atoms with van der Waals surface area (Å²) in [7, 11) is 0. The van der Waals surface area contributed by atoms with Gasteiger partial charge in [0, 0.05) is 29.1 Å². The number of nitrogens with one attached hydrogen (secondary N) is 1. The zero-order valence-corrected chi connectivity index (χ0v) is 22.9. The summed E-state index contributed by atoms with van der Waals surface area (Å²) < 4.78 is 25.1. The number of rotatable bonds is 10. The van der Waals surface area contributed by atoms with Crippen LogP contribution < -0.4 is 21.5 Å². The first-order valence-corrected chi connectivity index (χ1v) is 13.6. The number of furan rings is 1. The fourth-order valence-corrected chi connectivity index (χ4v) is 5.18. The molecule has 43 heavy (non-hydrogen) atoms. The minimum Gasteiger partial charge on any atom is -0.483 e. The molecule has 216 valence electrons. The predicted molar refractivity (Wildman–Crippen MR) is 157 cm³/mol. The molecular formula is C33H27FN4O5. The van der Waals surface area contributed by atoms with Gasteiger partial charge in [-0.3, -0.25) is 19.4 Å². The first kappa shape index (κ1) is 27.6. The third kappa shape index (κ3) is 5.67. The van der Waals surface area contributed by atoms with Gasteiger partial charge in [0.15, 0.2) is 6.61 Å². The topological polar surface area (TPSA) is 151 Å². The Hall–Kier alpha value is -5.51. The number of fused-ring (bicyclic) bond motifs is 1. The monoisotopic (exact) mass is 578 g/mol. The average Bonchev–Trinajstić information content (AvgIpc) is 3.69. The van der Waals surface area contributed by atoms with Gasteiger partial charge in [-0.2, -0.15) is 0 Å². The third-order valence-corrected chi connectivity index (χ3v) is 7.47. The standard InChI is InChI=1S/C33H27FN4O5/c34-22-8-4-19(5-9-22)15-27-30(31(36)40)24-16-20(6-11-26(24)43-27)23-17-21(7-10-25(23)42-18-29(35)39)32(41)38-33(12-13-33)28-3-1-2-14-37-28/h1-11,14,16-17H,12-13,15,18H2,(H2,35,39)(H2,36,40)(H,38,41). The number of hydrogen-bond acceptors (Lipinski definition) is 6. The zero-order chi connectivity index (χ0) is 30.1. The largest absolute Gasteiger partial charge is 0.483 e. The molecule has 0 radical (unpaired) electrons. The van der Waals surface area contributed by atoms with Crippen LogP contribution in [0.4, 0.5) is 4.39 Å². The number of amides is 3. The van der Waals surface area contributed by atoms with Crippen molar-refractivity contribution in [3.8, 4) is 16.9 Å². The van der Waals surface area contributed by atoms with Crippen LogP contribution in [-0.2, 0) is 16.8 Å². The Balaban J connectivity index is 1.38. The van der Waals surface area contributed by atoms with Gasteiger partial charge in [0.05, 0.1) is 16.8 Å². The molecule has 1 aliphatic rings. The number of hydrogen-bond donors (Lipinski definition) is 3. The molecule has 0 aliphatic heterocycles. The number of nitrogens with zero attached hydrogens (tertiary/aromatic N) is 1. The number of halogens is 1. The fraction of sp³-hybridized carbons (Fsp3) is 0.152. The summed E-state index contributed by atoms with van der Waals surface area (Å²) in [6.07, 6.45) is 3.47. The van der Waals surface area contributed by atoms with Gasteiger partial charge in [-0.05, 0) is 78.6 Å². The highest BCUT2D eigenvalue weighted by Gasteiger charge is 2.47. The molecule has 1 saturated carbocycles. The lowest BCUT2D eigenvalue weighted by atomic mass is 9.98. The van der Waals surface area contributed by atoms with Gasteiger partial charge < -0.3 is 25.9 Å². The highest BCUT2D eigenvalue weighted by molar-refractivity contribution is 6.08. The maximum atomic E-state index is 13.4. The maximum Gasteiger partial charge on any atom is 0.255 e. The molecule has 1 fully saturated rings. The molecule has 2 heterocycles. The summed E-state index contributed by atoms with van der Waals surface area (Å²) in [6.45, 7) is -0.371. The van der Waals surface area contributed by atoms with E-state index in [0.717, 1.165) is 24.1 Å². The van der Waals surface area contributed by atoms with Crippen molar-refractivity contribution in [2.45, 2.75) is 24.8 Å². The Morgan fingerprint density at radius 1 is 0.977 bits per heavy atom. The number of nitrogens with two attached hydrogens (primary N) is 2. The summed E-state index contributed by atoms with van der Waals surface area (Å²) in [6, 6.07) is 21.5. The number of ether oxygens (including phenoxy) is 1. The molecule has 3 amide bonds. The summed E-state index contributed by atoms with van der Waals surface area (Å²) in [4.78, 5) is 42.0. The van der Waals surface area contributed by atoms with Crippen LogP contribution in [0.5, 0.6) is 5.75 Å². The summed E-state index contributed by atoms with van der Waals surface area (Å²) in [5.74, 6) is -1.36. The van der Waals surface area contributed by atoms with Gasteiger partial charge in [0.25, 0.3) is 17.7 Å². The Kier molecular flexibility index (Phi) is 7.11. The minimum absolute atomic E-state index is 0.195. The Bertz CT molecular complexity index is 1860. The van der Waals surface area contributed by atoms with Crippen LogP contribution in [0.15, 0.2) is 89.5 Å². The van der Waals surface area contributed by atoms with E-state index in [-0.39, 0.29) is 30.3 Å². The number of primary amides is 2. The SMILES string of the molecule is NC(=O)COc1ccc(C(=O)NC2(c3ccccn3)CC2)cc1-c1ccc2oc(Cc3ccc(F)cc3)c(C(N)=O)c2c1. The summed E-state index contributed by atoms with van der Waals surface area (Å²) in [5.41, 5.74) is 14.2. The molecule has 5 N–H and O–H groups in total. The molecule has 0 atom stereocenters. The van der Waals surface area contributed by atoms with Crippen molar-refractivity contribution in [3.63, 3.8) is 0 Å². The van der Waals surface area contributed by atoms with Crippen LogP contribution in [0.2, 0.25) is 0 Å². The van der Waals surface area contributed by atoms with Gasteiger partial charge in [-0.15, -0.1) is 0 Å². The third-order valence-electron chi connectivity index (χ3n) is 7.47. The summed E-state index contributed by atoms with van der Waals surface area (Å²) >= 11 is 0. The number of carbonyl (C=O) groups excluding carboxylic acids is 3. The minimum atomic E-state index is -0.685. The van der Waals surface area contributed by atoms with E-state index in [0.29, 0.717) is 39.2 Å². The highest BCUT2D eigenvalue weighted by atomic mass is 19.1. The van der Waals surface area contributed by atoms with Crippen LogP contribution >= 0.6 is 0 Å². The zero-order valence-electron chi connectivity index (χ0n) is 22.9. The first-order chi connectivity index (χ1) is 20.7. The number of benzene rings is 3. The number of carbonyl (C=O) groups is 3. The predicted octanol–water partition coefficient (Wildman–Crippen LogP) is 4.61. The quantitative estimate of drug-likeness (QED) is 0.220. The molecule has 5 aromatic rings. The van der Waals surface area contributed by atoms with E-state index in [1.807, 2.05) is 18.2 Å². The van der Waals surface area contributed by atoms with Gasteiger partial charge in [0.2, 0.25) is 0 Å². The second-order valence-electron chi connectivity index (χ2n) is 10.5. The molecule has 0 unspecified atom stereocenters. The van der Waals surface area contributed by atoms with Crippen molar-refractivity contribution in [2.24, 2.45) is 11.5 Å². The fourth-order valence-electron chi connectivity index (χ4n) is 5.18. The van der Waals surface area contributed by atoms with Crippen LogP contribution in [0.25, 0.3) is 22.1 Å². The smallest absolute Gasteiger partial charge is 0.255 e. The van der Waals surface area contributed by atoms with E-state index >= 15 is 0 Å². The van der Waals surface area contributed by atoms with E-state index in [1.165, 1.54) is 12.1 Å². The molecule has 0 bridgehead atoms. The lowest BCUT2D eigenvalue weighted by molar-refractivity contribution is -0.119. The Morgan fingerprint density at radius 2 is 1.77 bits per heavy atom. The van der Waals surface area contributed by atoms with E-state index < -0.39 is 17.4 Å². The molecule has 2 aromatic heterocycles. The molecular weight excluding hydrogens is 551 g/mol. The Labute approximate surface area is 245 Å². The Morgan fingerprint density at radius 3 is 2.44 bits per heavy atom. The summed E-state index contributed by atoms with van der Waals surface area (Å²) in [5, 5.41) is 3.58. The first-order valence-electron chi connectivity index (χ1n) is 13.6. The van der Waals surface area contributed by atoms with Crippen molar-refractivity contribution in [2.75, 3.05) is 6.61 Å². The number of pyridine rings is 1. The van der Waals surface area contributed by atoms with E-state index in [2.05, 4.69) is 10.3 Å². The van der Waals surface area contributed by atoms with Crippen LogP contribution in [0.3, 0.4) is 0 Å². The normalized spacial score (nSPS) is 13.4. The van der Waals surface area contributed by atoms with Crippen molar-refractivity contribution in [1.82, 2.24) is 10.3 Å². The second kappa shape index (κ2) is 11.1. The van der Waals surface area contributed by atoms with Crippen molar-refractivity contribution in [3.05, 3.63) is 119 Å². The lowest BCUT2D eigenvalue weighted by Crippen LogP contribution is -2.35. The van der Waals surface area contributed by atoms with Gasteiger partial charge in [-0.1, -0.05) is 24.3 Å². The molecule has 0 spiro atoms. The lowest BCUT2D eigenvalue weighted by Gasteiger charge is -2.18. The number of aromatic nitrogens is 1. The average molecular weight is 579 g/mol. The van der Waals surface area contributed by atoms with E-state index in [9.17, 15) is 18.8 Å². The highest BCUT2D eigenvalue weighted by Crippen LogP contribution is 2.45. The van der Waals surface area contributed by atoms with Crippen molar-refractivity contribution >= 4 is 28.7 Å². The molecule has 9 nitrogen and oxygen atoms in total. The van der Waals surface area contributed by atoms with Gasteiger partial charge in [0.1, 0.15) is 22.9 Å². The van der Waals surface area contributed by atoms with Crippen molar-refractivity contribution in [1.29, 1.82) is 0 Å². The van der Waals surface area contributed by atoms with Gasteiger partial charge in [-0.25, -0.2) is 4.39 Å². The van der Waals surface area contributed by atoms with Crippen LogP contribution in [-0.4, -0.2) is 29.3 Å². The molecule has 1 aliphatic carbocycles. The molecule has 6 rings (SSSR count). The maximum absolute atomic E-state index is 13.4. The van der Waals surface area contributed by atoms with Crippen molar-refractivity contribution < 1.29 is 27.9 Å². The molecule has 0 saturated heterocycles. The van der Waals surface area contributed by atoms with Gasteiger partial charge >= 0.3 is 0 Å². The van der Waals surface area contributed by atoms with E-state index in [1.54, 1.807) is 54.7 Å².